The molecule has 2 aromatic heterocycles. The highest BCUT2D eigenvalue weighted by molar-refractivity contribution is 7.89. The van der Waals surface area contributed by atoms with E-state index in [-0.39, 0.29) is 17.9 Å². The molecule has 1 saturated heterocycles. The minimum absolute atomic E-state index is 0.0373. The molecule has 5 aromatic rings. The molecule has 0 radical (unpaired) electrons. The second-order valence-electron chi connectivity index (χ2n) is 9.05. The number of sulfonamides is 1. The Balaban J connectivity index is 1.31. The standard InChI is InChI=1S/C29H22N4O5S/c34-27-17-25(32(19-20-7-6-16-30-18-20)39(36,37)23-8-2-1-3-9-23)29(35)33(27)22-14-12-21(13-15-22)28-31-24-10-4-5-11-26(24)38-28/h1-16,18,25H,17,19H2. The average molecular weight is 539 g/mol. The Morgan fingerprint density at radius 1 is 0.897 bits per heavy atom. The monoisotopic (exact) mass is 538 g/mol. The van der Waals surface area contributed by atoms with Crippen LogP contribution in [0, 0.1) is 0 Å². The Labute approximate surface area is 224 Å². The van der Waals surface area contributed by atoms with Crippen LogP contribution in [0.15, 0.2) is 113 Å². The van der Waals surface area contributed by atoms with E-state index < -0.39 is 27.9 Å². The number of benzene rings is 3. The van der Waals surface area contributed by atoms with Crippen LogP contribution in [0.1, 0.15) is 12.0 Å². The van der Waals surface area contributed by atoms with Crippen molar-refractivity contribution in [3.8, 4) is 11.5 Å². The molecule has 0 aliphatic carbocycles. The number of amides is 2. The SMILES string of the molecule is O=C1CC(N(Cc2cccnc2)S(=O)(=O)c2ccccc2)C(=O)N1c1ccc(-c2nc3ccccc3o2)cc1. The van der Waals surface area contributed by atoms with Crippen LogP contribution >= 0.6 is 0 Å². The third-order valence-corrected chi connectivity index (χ3v) is 8.42. The van der Waals surface area contributed by atoms with Crippen LogP contribution in [-0.2, 0) is 26.2 Å². The number of hydrogen-bond acceptors (Lipinski definition) is 7. The number of oxazole rings is 1. The molecule has 1 aliphatic rings. The molecule has 3 aromatic carbocycles. The van der Waals surface area contributed by atoms with Crippen molar-refractivity contribution in [2.45, 2.75) is 23.9 Å². The Bertz CT molecular complexity index is 1740. The number of rotatable bonds is 7. The van der Waals surface area contributed by atoms with E-state index in [0.29, 0.717) is 28.3 Å². The van der Waals surface area contributed by atoms with Crippen molar-refractivity contribution in [3.05, 3.63) is 109 Å². The van der Waals surface area contributed by atoms with Crippen molar-refractivity contribution < 1.29 is 22.4 Å². The van der Waals surface area contributed by atoms with Gasteiger partial charge in [0, 0.05) is 24.5 Å². The van der Waals surface area contributed by atoms with Crippen molar-refractivity contribution in [2.24, 2.45) is 0 Å². The zero-order chi connectivity index (χ0) is 27.0. The van der Waals surface area contributed by atoms with Gasteiger partial charge in [-0.3, -0.25) is 14.6 Å². The summed E-state index contributed by atoms with van der Waals surface area (Å²) in [5.41, 5.74) is 2.98. The summed E-state index contributed by atoms with van der Waals surface area (Å²) in [7, 11) is -4.12. The molecule has 0 bridgehead atoms. The summed E-state index contributed by atoms with van der Waals surface area (Å²) in [6, 6.07) is 24.1. The van der Waals surface area contributed by atoms with E-state index in [1.54, 1.807) is 60.8 Å². The van der Waals surface area contributed by atoms with Crippen LogP contribution in [0.5, 0.6) is 0 Å². The van der Waals surface area contributed by atoms with Gasteiger partial charge in [-0.2, -0.15) is 4.31 Å². The number of para-hydroxylation sites is 2. The summed E-state index contributed by atoms with van der Waals surface area (Å²) in [5, 5.41) is 0. The first-order chi connectivity index (χ1) is 18.9. The first-order valence-electron chi connectivity index (χ1n) is 12.2. The Morgan fingerprint density at radius 2 is 1.64 bits per heavy atom. The van der Waals surface area contributed by atoms with Gasteiger partial charge in [-0.05, 0) is 60.2 Å². The van der Waals surface area contributed by atoms with Crippen LogP contribution < -0.4 is 4.90 Å². The summed E-state index contributed by atoms with van der Waals surface area (Å²) in [6.07, 6.45) is 2.84. The Kier molecular flexibility index (Phi) is 6.26. The predicted octanol–water partition coefficient (Wildman–Crippen LogP) is 4.41. The predicted molar refractivity (Wildman–Crippen MR) is 144 cm³/mol. The fourth-order valence-electron chi connectivity index (χ4n) is 4.62. The number of hydrogen-bond donors (Lipinski definition) is 0. The maximum Gasteiger partial charge on any atom is 0.252 e. The van der Waals surface area contributed by atoms with E-state index in [9.17, 15) is 18.0 Å². The van der Waals surface area contributed by atoms with Crippen LogP contribution in [0.4, 0.5) is 5.69 Å². The number of imide groups is 1. The van der Waals surface area contributed by atoms with Gasteiger partial charge in [0.2, 0.25) is 21.8 Å². The maximum absolute atomic E-state index is 13.7. The molecule has 3 heterocycles. The normalized spacial score (nSPS) is 15.9. The van der Waals surface area contributed by atoms with Crippen LogP contribution in [0.25, 0.3) is 22.6 Å². The summed E-state index contributed by atoms with van der Waals surface area (Å²) < 4.78 is 34.3. The average Bonchev–Trinajstić information content (AvgIpc) is 3.53. The van der Waals surface area contributed by atoms with E-state index in [4.69, 9.17) is 4.42 Å². The van der Waals surface area contributed by atoms with Gasteiger partial charge in [-0.15, -0.1) is 0 Å². The largest absolute Gasteiger partial charge is 0.436 e. The van der Waals surface area contributed by atoms with E-state index in [0.717, 1.165) is 14.7 Å². The highest BCUT2D eigenvalue weighted by Gasteiger charge is 2.47. The number of carbonyl (C=O) groups excluding carboxylic acids is 2. The van der Waals surface area contributed by atoms with Gasteiger partial charge < -0.3 is 4.42 Å². The lowest BCUT2D eigenvalue weighted by Gasteiger charge is -2.27. The molecule has 0 saturated carbocycles. The molecule has 1 aliphatic heterocycles. The van der Waals surface area contributed by atoms with Crippen molar-refractivity contribution in [1.29, 1.82) is 0 Å². The Hall–Kier alpha value is -4.67. The zero-order valence-corrected chi connectivity index (χ0v) is 21.4. The molecule has 0 spiro atoms. The van der Waals surface area contributed by atoms with Crippen molar-refractivity contribution in [1.82, 2.24) is 14.3 Å². The molecule has 1 fully saturated rings. The van der Waals surface area contributed by atoms with Gasteiger partial charge in [0.1, 0.15) is 11.6 Å². The number of pyridine rings is 1. The molecule has 1 atom stereocenters. The van der Waals surface area contributed by atoms with Crippen LogP contribution in [-0.4, -0.2) is 40.5 Å². The quantitative estimate of drug-likeness (QED) is 0.282. The lowest BCUT2D eigenvalue weighted by molar-refractivity contribution is -0.122. The molecular weight excluding hydrogens is 516 g/mol. The third kappa shape index (κ3) is 4.60. The van der Waals surface area contributed by atoms with Gasteiger partial charge in [0.25, 0.3) is 5.91 Å². The topological polar surface area (TPSA) is 114 Å². The number of aromatic nitrogens is 2. The maximum atomic E-state index is 13.7. The van der Waals surface area contributed by atoms with E-state index in [2.05, 4.69) is 9.97 Å². The van der Waals surface area contributed by atoms with Gasteiger partial charge in [0.15, 0.2) is 5.58 Å². The lowest BCUT2D eigenvalue weighted by Crippen LogP contribution is -2.45. The van der Waals surface area contributed by atoms with Gasteiger partial charge in [0.05, 0.1) is 17.0 Å². The molecule has 9 nitrogen and oxygen atoms in total. The minimum Gasteiger partial charge on any atom is -0.436 e. The number of nitrogens with zero attached hydrogens (tertiary/aromatic N) is 4. The Morgan fingerprint density at radius 3 is 2.36 bits per heavy atom. The summed E-state index contributed by atoms with van der Waals surface area (Å²) >= 11 is 0. The summed E-state index contributed by atoms with van der Waals surface area (Å²) in [6.45, 7) is -0.112. The first-order valence-corrected chi connectivity index (χ1v) is 13.6. The molecule has 39 heavy (non-hydrogen) atoms. The zero-order valence-electron chi connectivity index (χ0n) is 20.5. The molecule has 1 unspecified atom stereocenters. The second kappa shape index (κ2) is 9.90. The lowest BCUT2D eigenvalue weighted by atomic mass is 10.2. The molecule has 0 N–H and O–H groups in total. The second-order valence-corrected chi connectivity index (χ2v) is 10.9. The summed E-state index contributed by atoms with van der Waals surface area (Å²) in [4.78, 5) is 36.4. The molecule has 6 rings (SSSR count). The van der Waals surface area contributed by atoms with Crippen molar-refractivity contribution in [2.75, 3.05) is 4.90 Å². The highest BCUT2D eigenvalue weighted by Crippen LogP contribution is 2.32. The minimum atomic E-state index is -4.12. The van der Waals surface area contributed by atoms with E-state index in [1.807, 2.05) is 24.3 Å². The van der Waals surface area contributed by atoms with Crippen LogP contribution in [0.3, 0.4) is 0 Å². The highest BCUT2D eigenvalue weighted by atomic mass is 32.2. The number of carbonyl (C=O) groups is 2. The van der Waals surface area contributed by atoms with Gasteiger partial charge >= 0.3 is 0 Å². The molecule has 10 heteroatoms. The van der Waals surface area contributed by atoms with Crippen LogP contribution in [0.2, 0.25) is 0 Å². The van der Waals surface area contributed by atoms with Gasteiger partial charge in [-0.1, -0.05) is 36.4 Å². The summed E-state index contributed by atoms with van der Waals surface area (Å²) in [5.74, 6) is -0.687. The van der Waals surface area contributed by atoms with Crippen molar-refractivity contribution in [3.63, 3.8) is 0 Å². The van der Waals surface area contributed by atoms with E-state index in [1.165, 1.54) is 18.3 Å². The molecular formula is C29H22N4O5S. The molecule has 2 amide bonds. The third-order valence-electron chi connectivity index (χ3n) is 6.55. The number of fused-ring (bicyclic) bond motifs is 1. The van der Waals surface area contributed by atoms with Gasteiger partial charge in [-0.25, -0.2) is 18.3 Å². The first kappa shape index (κ1) is 24.7. The van der Waals surface area contributed by atoms with Crippen molar-refractivity contribution >= 4 is 38.6 Å². The smallest absolute Gasteiger partial charge is 0.252 e. The van der Waals surface area contributed by atoms with E-state index >= 15 is 0 Å². The molecule has 194 valence electrons. The fourth-order valence-corrected chi connectivity index (χ4v) is 6.21. The fraction of sp³-hybridized carbons (Fsp3) is 0.103. The number of anilines is 1.